The van der Waals surface area contributed by atoms with Crippen LogP contribution in [0.2, 0.25) is 0 Å². The van der Waals surface area contributed by atoms with Crippen molar-refractivity contribution in [3.63, 3.8) is 0 Å². The van der Waals surface area contributed by atoms with Gasteiger partial charge in [0, 0.05) is 23.7 Å². The molecular weight excluding hydrogens is 315 g/mol. The van der Waals surface area contributed by atoms with E-state index in [1.807, 2.05) is 0 Å². The van der Waals surface area contributed by atoms with Gasteiger partial charge in [-0.2, -0.15) is 0 Å². The van der Waals surface area contributed by atoms with Crippen molar-refractivity contribution >= 4 is 17.3 Å². The van der Waals surface area contributed by atoms with Crippen LogP contribution in [-0.2, 0) is 9.63 Å². The van der Waals surface area contributed by atoms with Crippen molar-refractivity contribution in [3.8, 4) is 11.5 Å². The van der Waals surface area contributed by atoms with Gasteiger partial charge in [0.1, 0.15) is 5.82 Å². The second-order valence-corrected chi connectivity index (χ2v) is 5.37. The maximum absolute atomic E-state index is 13.8. The number of rotatable bonds is 3. The lowest BCUT2D eigenvalue weighted by atomic mass is 10.0. The first-order valence-corrected chi connectivity index (χ1v) is 7.39. The van der Waals surface area contributed by atoms with E-state index in [0.29, 0.717) is 28.5 Å². The van der Waals surface area contributed by atoms with E-state index < -0.39 is 11.9 Å². The van der Waals surface area contributed by atoms with E-state index in [-0.39, 0.29) is 19.1 Å². The standard InChI is InChI=1S/C17H13FN2O4/c18-12-4-2-1-3-11(12)13-8-16(24-20-13)17(21)19-10-5-6-14-15(7-10)23-9-22-14/h1-7,16H,8-9H2,(H,19,21)/t16-/m1/s1. The Bertz CT molecular complexity index is 837. The van der Waals surface area contributed by atoms with Crippen LogP contribution in [0.4, 0.5) is 10.1 Å². The van der Waals surface area contributed by atoms with Crippen molar-refractivity contribution in [2.45, 2.75) is 12.5 Å². The summed E-state index contributed by atoms with van der Waals surface area (Å²) in [4.78, 5) is 17.5. The van der Waals surface area contributed by atoms with Gasteiger partial charge in [0.05, 0.1) is 5.71 Å². The number of nitrogens with zero attached hydrogens (tertiary/aromatic N) is 1. The Labute approximate surface area is 136 Å². The van der Waals surface area contributed by atoms with Gasteiger partial charge < -0.3 is 19.6 Å². The van der Waals surface area contributed by atoms with Gasteiger partial charge in [-0.3, -0.25) is 4.79 Å². The summed E-state index contributed by atoms with van der Waals surface area (Å²) < 4.78 is 24.3. The summed E-state index contributed by atoms with van der Waals surface area (Å²) in [5.41, 5.74) is 1.32. The molecule has 0 radical (unpaired) electrons. The number of oxime groups is 1. The third-order valence-corrected chi connectivity index (χ3v) is 3.79. The first kappa shape index (κ1) is 14.5. The van der Waals surface area contributed by atoms with Gasteiger partial charge in [0.15, 0.2) is 11.5 Å². The Morgan fingerprint density at radius 3 is 2.88 bits per heavy atom. The molecule has 4 rings (SSSR count). The average molecular weight is 328 g/mol. The predicted octanol–water partition coefficient (Wildman–Crippen LogP) is 2.69. The van der Waals surface area contributed by atoms with E-state index in [4.69, 9.17) is 14.3 Å². The van der Waals surface area contributed by atoms with E-state index in [2.05, 4.69) is 10.5 Å². The summed E-state index contributed by atoms with van der Waals surface area (Å²) in [6.45, 7) is 0.165. The van der Waals surface area contributed by atoms with E-state index >= 15 is 0 Å². The molecule has 0 fully saturated rings. The van der Waals surface area contributed by atoms with Crippen LogP contribution in [0.25, 0.3) is 0 Å². The third-order valence-electron chi connectivity index (χ3n) is 3.79. The number of halogens is 1. The second kappa shape index (κ2) is 5.84. The van der Waals surface area contributed by atoms with Crippen molar-refractivity contribution in [1.29, 1.82) is 0 Å². The highest BCUT2D eigenvalue weighted by atomic mass is 19.1. The molecule has 0 spiro atoms. The van der Waals surface area contributed by atoms with E-state index in [0.717, 1.165) is 0 Å². The zero-order chi connectivity index (χ0) is 16.5. The highest BCUT2D eigenvalue weighted by molar-refractivity contribution is 6.06. The van der Waals surface area contributed by atoms with Crippen molar-refractivity contribution in [1.82, 2.24) is 0 Å². The molecule has 0 aromatic heterocycles. The third kappa shape index (κ3) is 2.64. The molecule has 2 heterocycles. The molecule has 2 aromatic rings. The average Bonchev–Trinajstić information content (AvgIpc) is 3.24. The fourth-order valence-electron chi connectivity index (χ4n) is 2.57. The number of carbonyl (C=O) groups excluding carboxylic acids is 1. The predicted molar refractivity (Wildman–Crippen MR) is 83.6 cm³/mol. The Kier molecular flexibility index (Phi) is 3.53. The molecule has 6 nitrogen and oxygen atoms in total. The lowest BCUT2D eigenvalue weighted by molar-refractivity contribution is -0.125. The fourth-order valence-corrected chi connectivity index (χ4v) is 2.57. The molecule has 0 saturated heterocycles. The molecule has 2 aromatic carbocycles. The number of benzene rings is 2. The number of carbonyl (C=O) groups is 1. The van der Waals surface area contributed by atoms with E-state index in [1.54, 1.807) is 36.4 Å². The van der Waals surface area contributed by atoms with Gasteiger partial charge in [-0.25, -0.2) is 4.39 Å². The number of hydrogen-bond acceptors (Lipinski definition) is 5. The number of amides is 1. The maximum atomic E-state index is 13.8. The van der Waals surface area contributed by atoms with E-state index in [9.17, 15) is 9.18 Å². The minimum absolute atomic E-state index is 0.165. The van der Waals surface area contributed by atoms with Crippen LogP contribution in [0.3, 0.4) is 0 Å². The summed E-state index contributed by atoms with van der Waals surface area (Å²) in [5, 5.41) is 6.57. The molecule has 0 bridgehead atoms. The summed E-state index contributed by atoms with van der Waals surface area (Å²) in [6, 6.07) is 11.4. The Balaban J connectivity index is 1.43. The lowest BCUT2D eigenvalue weighted by Gasteiger charge is -2.10. The van der Waals surface area contributed by atoms with Crippen molar-refractivity contribution in [2.24, 2.45) is 5.16 Å². The normalized spacial score (nSPS) is 18.0. The highest BCUT2D eigenvalue weighted by Crippen LogP contribution is 2.34. The van der Waals surface area contributed by atoms with Gasteiger partial charge in [0.2, 0.25) is 12.9 Å². The van der Waals surface area contributed by atoms with Crippen LogP contribution in [0.1, 0.15) is 12.0 Å². The van der Waals surface area contributed by atoms with Crippen LogP contribution in [0, 0.1) is 5.82 Å². The topological polar surface area (TPSA) is 69.2 Å². The summed E-state index contributed by atoms with van der Waals surface area (Å²) >= 11 is 0. The molecule has 1 N–H and O–H groups in total. The Morgan fingerprint density at radius 1 is 1.17 bits per heavy atom. The zero-order valence-electron chi connectivity index (χ0n) is 12.5. The molecule has 7 heteroatoms. The minimum atomic E-state index is -0.801. The van der Waals surface area contributed by atoms with Gasteiger partial charge in [-0.15, -0.1) is 0 Å². The highest BCUT2D eigenvalue weighted by Gasteiger charge is 2.30. The van der Waals surface area contributed by atoms with Crippen molar-refractivity contribution in [2.75, 3.05) is 12.1 Å². The molecule has 122 valence electrons. The molecule has 0 saturated carbocycles. The Hall–Kier alpha value is -3.09. The van der Waals surface area contributed by atoms with Gasteiger partial charge in [-0.1, -0.05) is 23.4 Å². The van der Waals surface area contributed by atoms with Crippen molar-refractivity contribution in [3.05, 3.63) is 53.8 Å². The van der Waals surface area contributed by atoms with Crippen molar-refractivity contribution < 1.29 is 23.5 Å². The fraction of sp³-hybridized carbons (Fsp3) is 0.176. The lowest BCUT2D eigenvalue weighted by Crippen LogP contribution is -2.28. The van der Waals surface area contributed by atoms with E-state index in [1.165, 1.54) is 6.07 Å². The number of ether oxygens (including phenoxy) is 2. The SMILES string of the molecule is O=C(Nc1ccc2c(c1)OCO2)[C@H]1CC(c2ccccc2F)=NO1. The molecule has 24 heavy (non-hydrogen) atoms. The quantitative estimate of drug-likeness (QED) is 0.940. The van der Waals surface area contributed by atoms with Crippen LogP contribution < -0.4 is 14.8 Å². The van der Waals surface area contributed by atoms with Crippen LogP contribution in [0.5, 0.6) is 11.5 Å². The second-order valence-electron chi connectivity index (χ2n) is 5.37. The molecule has 1 amide bonds. The molecule has 2 aliphatic heterocycles. The molecule has 2 aliphatic rings. The molecular formula is C17H13FN2O4. The largest absolute Gasteiger partial charge is 0.454 e. The summed E-state index contributed by atoms with van der Waals surface area (Å²) in [5.74, 6) is 0.458. The monoisotopic (exact) mass is 328 g/mol. The van der Waals surface area contributed by atoms with Crippen LogP contribution >= 0.6 is 0 Å². The zero-order valence-corrected chi connectivity index (χ0v) is 12.5. The summed E-state index contributed by atoms with van der Waals surface area (Å²) in [6.07, 6.45) is -0.595. The molecule has 0 aliphatic carbocycles. The molecule has 1 atom stereocenters. The first-order valence-electron chi connectivity index (χ1n) is 7.39. The Morgan fingerprint density at radius 2 is 2.00 bits per heavy atom. The number of fused-ring (bicyclic) bond motifs is 1. The smallest absolute Gasteiger partial charge is 0.268 e. The molecule has 0 unspecified atom stereocenters. The number of hydrogen-bond donors (Lipinski definition) is 1. The van der Waals surface area contributed by atoms with Gasteiger partial charge >= 0.3 is 0 Å². The number of anilines is 1. The first-order chi connectivity index (χ1) is 11.7. The van der Waals surface area contributed by atoms with Crippen LogP contribution in [-0.4, -0.2) is 24.5 Å². The van der Waals surface area contributed by atoms with Gasteiger partial charge in [0.25, 0.3) is 5.91 Å². The maximum Gasteiger partial charge on any atom is 0.268 e. The number of nitrogens with one attached hydrogen (secondary N) is 1. The summed E-state index contributed by atoms with van der Waals surface area (Å²) in [7, 11) is 0. The van der Waals surface area contributed by atoms with Crippen LogP contribution in [0.15, 0.2) is 47.6 Å². The van der Waals surface area contributed by atoms with Gasteiger partial charge in [-0.05, 0) is 18.2 Å². The minimum Gasteiger partial charge on any atom is -0.454 e.